The Hall–Kier alpha value is -1.13. The molecule has 0 bridgehead atoms. The molecule has 80 valence electrons. The SMILES string of the molecule is CC(NCCn1cccn1)c1cccs1. The minimum atomic E-state index is 0.431. The lowest BCUT2D eigenvalue weighted by molar-refractivity contribution is 0.511. The van der Waals surface area contributed by atoms with E-state index in [2.05, 4.69) is 34.9 Å². The van der Waals surface area contributed by atoms with E-state index in [0.29, 0.717) is 6.04 Å². The van der Waals surface area contributed by atoms with Gasteiger partial charge < -0.3 is 5.32 Å². The summed E-state index contributed by atoms with van der Waals surface area (Å²) in [6.07, 6.45) is 3.79. The Morgan fingerprint density at radius 1 is 1.53 bits per heavy atom. The molecule has 0 spiro atoms. The second kappa shape index (κ2) is 5.09. The molecule has 0 fully saturated rings. The third-order valence-corrected chi connectivity index (χ3v) is 3.38. The van der Waals surface area contributed by atoms with E-state index in [0.717, 1.165) is 13.1 Å². The first-order valence-corrected chi connectivity index (χ1v) is 5.98. The lowest BCUT2D eigenvalue weighted by Gasteiger charge is -2.11. The maximum absolute atomic E-state index is 4.16. The summed E-state index contributed by atoms with van der Waals surface area (Å²) < 4.78 is 1.94. The highest BCUT2D eigenvalue weighted by molar-refractivity contribution is 7.10. The standard InChI is InChI=1S/C11H15N3S/c1-10(11-4-2-9-15-11)12-6-8-14-7-3-5-13-14/h2-5,7,9-10,12H,6,8H2,1H3. The third kappa shape index (κ3) is 2.91. The maximum Gasteiger partial charge on any atom is 0.0534 e. The summed E-state index contributed by atoms with van der Waals surface area (Å²) in [5, 5.41) is 9.74. The predicted octanol–water partition coefficient (Wildman–Crippen LogP) is 2.30. The van der Waals surface area contributed by atoms with Crippen molar-refractivity contribution in [2.24, 2.45) is 0 Å². The molecule has 1 unspecified atom stereocenters. The molecular weight excluding hydrogens is 206 g/mol. The zero-order valence-corrected chi connectivity index (χ0v) is 9.57. The van der Waals surface area contributed by atoms with Crippen LogP contribution in [0.25, 0.3) is 0 Å². The van der Waals surface area contributed by atoms with Gasteiger partial charge in [0.15, 0.2) is 0 Å². The van der Waals surface area contributed by atoms with Crippen LogP contribution in [0, 0.1) is 0 Å². The van der Waals surface area contributed by atoms with Crippen molar-refractivity contribution in [3.63, 3.8) is 0 Å². The topological polar surface area (TPSA) is 29.9 Å². The van der Waals surface area contributed by atoms with E-state index in [-0.39, 0.29) is 0 Å². The van der Waals surface area contributed by atoms with Crippen molar-refractivity contribution in [1.29, 1.82) is 0 Å². The lowest BCUT2D eigenvalue weighted by atomic mass is 10.3. The molecule has 15 heavy (non-hydrogen) atoms. The van der Waals surface area contributed by atoms with Crippen molar-refractivity contribution in [2.45, 2.75) is 19.5 Å². The van der Waals surface area contributed by atoms with E-state index in [1.165, 1.54) is 4.88 Å². The van der Waals surface area contributed by atoms with Crippen LogP contribution < -0.4 is 5.32 Å². The van der Waals surface area contributed by atoms with Crippen LogP contribution in [-0.2, 0) is 6.54 Å². The highest BCUT2D eigenvalue weighted by Crippen LogP contribution is 2.17. The van der Waals surface area contributed by atoms with Gasteiger partial charge in [-0.25, -0.2) is 0 Å². The molecule has 2 rings (SSSR count). The number of rotatable bonds is 5. The zero-order valence-electron chi connectivity index (χ0n) is 8.76. The average Bonchev–Trinajstić information content (AvgIpc) is 2.90. The fraction of sp³-hybridized carbons (Fsp3) is 0.364. The predicted molar refractivity (Wildman–Crippen MR) is 63.0 cm³/mol. The van der Waals surface area contributed by atoms with Gasteiger partial charge in [-0.1, -0.05) is 6.07 Å². The van der Waals surface area contributed by atoms with Gasteiger partial charge in [0.25, 0.3) is 0 Å². The minimum absolute atomic E-state index is 0.431. The summed E-state index contributed by atoms with van der Waals surface area (Å²) in [6, 6.07) is 6.63. The van der Waals surface area contributed by atoms with Crippen LogP contribution in [-0.4, -0.2) is 16.3 Å². The summed E-state index contributed by atoms with van der Waals surface area (Å²) >= 11 is 1.79. The highest BCUT2D eigenvalue weighted by Gasteiger charge is 2.04. The number of nitrogens with zero attached hydrogens (tertiary/aromatic N) is 2. The van der Waals surface area contributed by atoms with Gasteiger partial charge in [0.1, 0.15) is 0 Å². The Morgan fingerprint density at radius 3 is 3.13 bits per heavy atom. The zero-order chi connectivity index (χ0) is 10.5. The number of hydrogen-bond donors (Lipinski definition) is 1. The second-order valence-electron chi connectivity index (χ2n) is 3.46. The minimum Gasteiger partial charge on any atom is -0.308 e. The average molecular weight is 221 g/mol. The molecule has 1 N–H and O–H groups in total. The molecule has 4 heteroatoms. The fourth-order valence-electron chi connectivity index (χ4n) is 1.47. The fourth-order valence-corrected chi connectivity index (χ4v) is 2.23. The first-order valence-electron chi connectivity index (χ1n) is 5.10. The number of thiophene rings is 1. The van der Waals surface area contributed by atoms with Crippen molar-refractivity contribution in [2.75, 3.05) is 6.54 Å². The van der Waals surface area contributed by atoms with E-state index in [4.69, 9.17) is 0 Å². The Balaban J connectivity index is 1.74. The van der Waals surface area contributed by atoms with Crippen LogP contribution in [0.2, 0.25) is 0 Å². The van der Waals surface area contributed by atoms with Gasteiger partial charge in [-0.3, -0.25) is 4.68 Å². The number of aromatic nitrogens is 2. The van der Waals surface area contributed by atoms with Crippen LogP contribution in [0.3, 0.4) is 0 Å². The molecule has 2 aromatic rings. The summed E-state index contributed by atoms with van der Waals surface area (Å²) in [7, 11) is 0. The van der Waals surface area contributed by atoms with Gasteiger partial charge in [0.2, 0.25) is 0 Å². The monoisotopic (exact) mass is 221 g/mol. The molecule has 0 aliphatic heterocycles. The molecule has 0 aromatic carbocycles. The third-order valence-electron chi connectivity index (χ3n) is 2.32. The van der Waals surface area contributed by atoms with E-state index in [1.54, 1.807) is 11.3 Å². The van der Waals surface area contributed by atoms with Gasteiger partial charge in [-0.05, 0) is 24.4 Å². The molecule has 0 amide bonds. The van der Waals surface area contributed by atoms with E-state index in [1.807, 2.05) is 23.1 Å². The second-order valence-corrected chi connectivity index (χ2v) is 4.44. The molecule has 1 atom stereocenters. The molecule has 3 nitrogen and oxygen atoms in total. The smallest absolute Gasteiger partial charge is 0.0534 e. The summed E-state index contributed by atoms with van der Waals surface area (Å²) in [5.41, 5.74) is 0. The van der Waals surface area contributed by atoms with Gasteiger partial charge >= 0.3 is 0 Å². The Labute approximate surface area is 93.7 Å². The van der Waals surface area contributed by atoms with Crippen molar-refractivity contribution in [3.8, 4) is 0 Å². The Morgan fingerprint density at radius 2 is 2.47 bits per heavy atom. The first-order chi connectivity index (χ1) is 7.36. The summed E-state index contributed by atoms with van der Waals surface area (Å²) in [6.45, 7) is 4.05. The number of hydrogen-bond acceptors (Lipinski definition) is 3. The molecule has 0 saturated carbocycles. The highest BCUT2D eigenvalue weighted by atomic mass is 32.1. The normalized spacial score (nSPS) is 12.9. The van der Waals surface area contributed by atoms with Crippen molar-refractivity contribution in [1.82, 2.24) is 15.1 Å². The van der Waals surface area contributed by atoms with E-state index >= 15 is 0 Å². The summed E-state index contributed by atoms with van der Waals surface area (Å²) in [4.78, 5) is 1.38. The van der Waals surface area contributed by atoms with Crippen LogP contribution in [0.1, 0.15) is 17.8 Å². The molecule has 0 aliphatic rings. The van der Waals surface area contributed by atoms with E-state index < -0.39 is 0 Å². The van der Waals surface area contributed by atoms with Gasteiger partial charge in [0.05, 0.1) is 6.54 Å². The molecule has 2 aromatic heterocycles. The van der Waals surface area contributed by atoms with Crippen molar-refractivity contribution in [3.05, 3.63) is 40.8 Å². The van der Waals surface area contributed by atoms with Gasteiger partial charge in [-0.2, -0.15) is 5.10 Å². The van der Waals surface area contributed by atoms with Gasteiger partial charge in [0, 0.05) is 29.9 Å². The largest absolute Gasteiger partial charge is 0.308 e. The van der Waals surface area contributed by atoms with Crippen LogP contribution in [0.4, 0.5) is 0 Å². The first kappa shape index (κ1) is 10.4. The Bertz CT molecular complexity index is 366. The van der Waals surface area contributed by atoms with Crippen LogP contribution in [0.5, 0.6) is 0 Å². The van der Waals surface area contributed by atoms with Crippen LogP contribution in [0.15, 0.2) is 36.0 Å². The number of nitrogens with one attached hydrogen (secondary N) is 1. The van der Waals surface area contributed by atoms with E-state index in [9.17, 15) is 0 Å². The Kier molecular flexibility index (Phi) is 3.53. The quantitative estimate of drug-likeness (QED) is 0.839. The lowest BCUT2D eigenvalue weighted by Crippen LogP contribution is -2.22. The van der Waals surface area contributed by atoms with Crippen molar-refractivity contribution >= 4 is 11.3 Å². The molecular formula is C11H15N3S. The molecule has 0 radical (unpaired) electrons. The summed E-state index contributed by atoms with van der Waals surface area (Å²) in [5.74, 6) is 0. The van der Waals surface area contributed by atoms with Crippen LogP contribution >= 0.6 is 11.3 Å². The molecule has 0 saturated heterocycles. The van der Waals surface area contributed by atoms with Crippen molar-refractivity contribution < 1.29 is 0 Å². The maximum atomic E-state index is 4.16. The van der Waals surface area contributed by atoms with Gasteiger partial charge in [-0.15, -0.1) is 11.3 Å². The molecule has 0 aliphatic carbocycles. The molecule has 2 heterocycles.